The summed E-state index contributed by atoms with van der Waals surface area (Å²) in [6, 6.07) is 1.70. The van der Waals surface area contributed by atoms with Gasteiger partial charge in [0.2, 0.25) is 0 Å². The molecule has 0 bridgehead atoms. The van der Waals surface area contributed by atoms with E-state index in [1.54, 1.807) is 12.3 Å². The van der Waals surface area contributed by atoms with Crippen LogP contribution in [0.2, 0.25) is 0 Å². The summed E-state index contributed by atoms with van der Waals surface area (Å²) in [6.45, 7) is 2.09. The lowest BCUT2D eigenvalue weighted by Crippen LogP contribution is -2.36. The first-order valence-corrected chi connectivity index (χ1v) is 5.97. The van der Waals surface area contributed by atoms with Gasteiger partial charge in [-0.3, -0.25) is 9.59 Å². The van der Waals surface area contributed by atoms with E-state index in [0.29, 0.717) is 12.2 Å². The van der Waals surface area contributed by atoms with Gasteiger partial charge in [-0.05, 0) is 35.1 Å². The molecule has 0 aliphatic carbocycles. The summed E-state index contributed by atoms with van der Waals surface area (Å²) in [5.41, 5.74) is 0.430. The molecule has 16 heavy (non-hydrogen) atoms. The van der Waals surface area contributed by atoms with Crippen molar-refractivity contribution >= 4 is 34.5 Å². The molecule has 2 N–H and O–H groups in total. The van der Waals surface area contributed by atoms with Crippen molar-refractivity contribution in [3.63, 3.8) is 0 Å². The first-order valence-electron chi connectivity index (χ1n) is 4.89. The first kappa shape index (κ1) is 13.0. The van der Waals surface area contributed by atoms with Gasteiger partial charge in [-0.1, -0.05) is 6.92 Å². The summed E-state index contributed by atoms with van der Waals surface area (Å²) < 4.78 is 0.924. The van der Waals surface area contributed by atoms with Crippen LogP contribution in [0, 0.1) is 3.57 Å². The van der Waals surface area contributed by atoms with Crippen LogP contribution in [0.3, 0.4) is 0 Å². The highest BCUT2D eigenvalue weighted by Crippen LogP contribution is 2.09. The van der Waals surface area contributed by atoms with Crippen LogP contribution in [0.5, 0.6) is 0 Å². The Bertz CT molecular complexity index is 389. The maximum Gasteiger partial charge on any atom is 0.323 e. The Labute approximate surface area is 107 Å². The van der Waals surface area contributed by atoms with Crippen molar-refractivity contribution in [3.8, 4) is 0 Å². The highest BCUT2D eigenvalue weighted by molar-refractivity contribution is 14.1. The first-order chi connectivity index (χ1) is 7.54. The molecular weight excluding hydrogens is 323 g/mol. The van der Waals surface area contributed by atoms with Gasteiger partial charge in [-0.25, -0.2) is 0 Å². The van der Waals surface area contributed by atoms with E-state index in [9.17, 15) is 9.59 Å². The number of hydrogen-bond donors (Lipinski definition) is 2. The lowest BCUT2D eigenvalue weighted by molar-refractivity contribution is -0.137. The van der Waals surface area contributed by atoms with E-state index >= 15 is 0 Å². The molecule has 0 aliphatic rings. The number of amides is 1. The van der Waals surface area contributed by atoms with E-state index < -0.39 is 5.97 Å². The number of aromatic amines is 1. The van der Waals surface area contributed by atoms with E-state index in [0.717, 1.165) is 9.99 Å². The number of H-pyrrole nitrogens is 1. The SMILES string of the molecule is CCCN(CC(=O)O)C(=O)c1cc(I)c[nH]1. The normalized spacial score (nSPS) is 10.1. The number of carbonyl (C=O) groups excluding carboxylic acids is 1. The van der Waals surface area contributed by atoms with Gasteiger partial charge in [0.25, 0.3) is 5.91 Å². The van der Waals surface area contributed by atoms with Crippen LogP contribution in [-0.2, 0) is 4.79 Å². The fraction of sp³-hybridized carbons (Fsp3) is 0.400. The van der Waals surface area contributed by atoms with Gasteiger partial charge in [0, 0.05) is 16.3 Å². The number of rotatable bonds is 5. The molecule has 0 aromatic carbocycles. The summed E-state index contributed by atoms with van der Waals surface area (Å²) >= 11 is 2.09. The molecule has 0 atom stereocenters. The number of aromatic nitrogens is 1. The van der Waals surface area contributed by atoms with Gasteiger partial charge in [-0.15, -0.1) is 0 Å². The second kappa shape index (κ2) is 5.88. The number of hydrogen-bond acceptors (Lipinski definition) is 2. The van der Waals surface area contributed by atoms with Crippen molar-refractivity contribution in [3.05, 3.63) is 21.5 Å². The predicted octanol–water partition coefficient (Wildman–Crippen LogP) is 1.56. The molecule has 0 saturated carbocycles. The van der Waals surface area contributed by atoms with E-state index in [1.807, 2.05) is 6.92 Å². The molecule has 0 fully saturated rings. The Kier molecular flexibility index (Phi) is 4.78. The van der Waals surface area contributed by atoms with Gasteiger partial charge in [-0.2, -0.15) is 0 Å². The Morgan fingerprint density at radius 1 is 1.56 bits per heavy atom. The predicted molar refractivity (Wildman–Crippen MR) is 67.3 cm³/mol. The highest BCUT2D eigenvalue weighted by atomic mass is 127. The number of carboxylic acids is 1. The van der Waals surface area contributed by atoms with E-state index in [2.05, 4.69) is 27.6 Å². The smallest absolute Gasteiger partial charge is 0.323 e. The number of carbonyl (C=O) groups is 2. The number of aliphatic carboxylic acids is 1. The van der Waals surface area contributed by atoms with Crippen molar-refractivity contribution in [2.45, 2.75) is 13.3 Å². The van der Waals surface area contributed by atoms with E-state index in [1.165, 1.54) is 4.90 Å². The van der Waals surface area contributed by atoms with Crippen LogP contribution in [0.1, 0.15) is 23.8 Å². The average Bonchev–Trinajstić information content (AvgIpc) is 2.62. The summed E-state index contributed by atoms with van der Waals surface area (Å²) in [5, 5.41) is 8.71. The fourth-order valence-corrected chi connectivity index (χ4v) is 1.81. The van der Waals surface area contributed by atoms with Crippen molar-refractivity contribution in [1.82, 2.24) is 9.88 Å². The molecule has 0 spiro atoms. The van der Waals surface area contributed by atoms with E-state index in [4.69, 9.17) is 5.11 Å². The van der Waals surface area contributed by atoms with E-state index in [-0.39, 0.29) is 12.5 Å². The maximum atomic E-state index is 11.9. The third kappa shape index (κ3) is 3.51. The average molecular weight is 336 g/mol. The largest absolute Gasteiger partial charge is 0.480 e. The molecule has 0 saturated heterocycles. The van der Waals surface area contributed by atoms with Crippen LogP contribution in [0.25, 0.3) is 0 Å². The molecule has 0 radical (unpaired) electrons. The van der Waals surface area contributed by atoms with Crippen LogP contribution in [0.15, 0.2) is 12.3 Å². The fourth-order valence-electron chi connectivity index (χ4n) is 1.35. The maximum absolute atomic E-state index is 11.9. The number of nitrogens with zero attached hydrogens (tertiary/aromatic N) is 1. The van der Waals surface area contributed by atoms with Crippen molar-refractivity contribution < 1.29 is 14.7 Å². The second-order valence-corrected chi connectivity index (χ2v) is 4.60. The van der Waals surface area contributed by atoms with Gasteiger partial charge in [0.05, 0.1) is 0 Å². The van der Waals surface area contributed by atoms with Crippen molar-refractivity contribution in [1.29, 1.82) is 0 Å². The molecule has 0 aliphatic heterocycles. The molecule has 1 heterocycles. The minimum Gasteiger partial charge on any atom is -0.480 e. The molecular formula is C10H13IN2O3. The molecule has 6 heteroatoms. The lowest BCUT2D eigenvalue weighted by atomic mass is 10.3. The molecule has 1 amide bonds. The Morgan fingerprint density at radius 3 is 2.69 bits per heavy atom. The molecule has 5 nitrogen and oxygen atoms in total. The van der Waals surface area contributed by atoms with Gasteiger partial charge in [0.15, 0.2) is 0 Å². The monoisotopic (exact) mass is 336 g/mol. The zero-order valence-corrected chi connectivity index (χ0v) is 11.0. The Morgan fingerprint density at radius 2 is 2.25 bits per heavy atom. The van der Waals surface area contributed by atoms with Gasteiger partial charge < -0.3 is 15.0 Å². The highest BCUT2D eigenvalue weighted by Gasteiger charge is 2.18. The summed E-state index contributed by atoms with van der Waals surface area (Å²) in [4.78, 5) is 26.7. The van der Waals surface area contributed by atoms with Crippen LogP contribution in [-0.4, -0.2) is 40.0 Å². The van der Waals surface area contributed by atoms with Crippen LogP contribution in [0.4, 0.5) is 0 Å². The van der Waals surface area contributed by atoms with Gasteiger partial charge in [0.1, 0.15) is 12.2 Å². The number of nitrogens with one attached hydrogen (secondary N) is 1. The number of carboxylic acid groups (broad SMARTS) is 1. The second-order valence-electron chi connectivity index (χ2n) is 3.35. The Hall–Kier alpha value is -1.05. The topological polar surface area (TPSA) is 73.4 Å². The van der Waals surface area contributed by atoms with Crippen molar-refractivity contribution in [2.24, 2.45) is 0 Å². The molecule has 1 aromatic heterocycles. The zero-order chi connectivity index (χ0) is 12.1. The standard InChI is InChI=1S/C10H13IN2O3/c1-2-3-13(6-9(14)15)10(16)8-4-7(11)5-12-8/h4-5,12H,2-3,6H2,1H3,(H,14,15). The molecule has 1 aromatic rings. The minimum atomic E-state index is -0.997. The molecule has 88 valence electrons. The lowest BCUT2D eigenvalue weighted by Gasteiger charge is -2.18. The molecule has 1 rings (SSSR count). The minimum absolute atomic E-state index is 0.262. The number of halogens is 1. The third-order valence-electron chi connectivity index (χ3n) is 1.99. The molecule has 0 unspecified atom stereocenters. The van der Waals surface area contributed by atoms with Gasteiger partial charge >= 0.3 is 5.97 Å². The summed E-state index contributed by atoms with van der Waals surface area (Å²) in [6.07, 6.45) is 2.44. The summed E-state index contributed by atoms with van der Waals surface area (Å²) in [5.74, 6) is -1.27. The third-order valence-corrected chi connectivity index (χ3v) is 2.61. The van der Waals surface area contributed by atoms with Crippen molar-refractivity contribution in [2.75, 3.05) is 13.1 Å². The van der Waals surface area contributed by atoms with Crippen LogP contribution >= 0.6 is 22.6 Å². The quantitative estimate of drug-likeness (QED) is 0.802. The summed E-state index contributed by atoms with van der Waals surface area (Å²) in [7, 11) is 0. The Balaban J connectivity index is 2.78. The van der Waals surface area contributed by atoms with Crippen LogP contribution < -0.4 is 0 Å². The zero-order valence-electron chi connectivity index (χ0n) is 8.86.